The van der Waals surface area contributed by atoms with E-state index in [0.29, 0.717) is 0 Å². The summed E-state index contributed by atoms with van der Waals surface area (Å²) in [7, 11) is 2.00. The molecule has 8 heterocycles. The van der Waals surface area contributed by atoms with Crippen LogP contribution in [0.4, 0.5) is 0 Å². The van der Waals surface area contributed by atoms with Crippen molar-refractivity contribution < 1.29 is 59.3 Å². The normalized spacial score (nSPS) is 9.78. The van der Waals surface area contributed by atoms with E-state index in [2.05, 4.69) is 117 Å². The first-order chi connectivity index (χ1) is 45.9. The maximum absolute atomic E-state index is 7.00. The summed E-state index contributed by atoms with van der Waals surface area (Å²) >= 11 is 0. The first-order valence-corrected chi connectivity index (χ1v) is 29.9. The predicted molar refractivity (Wildman–Crippen MR) is 384 cm³/mol. The molecule has 8 aromatic carbocycles. The van der Waals surface area contributed by atoms with Crippen molar-refractivity contribution in [3.8, 4) is 67.5 Å². The molecule has 0 saturated heterocycles. The van der Waals surface area contributed by atoms with Crippen LogP contribution in [0.1, 0.15) is 24.2 Å². The van der Waals surface area contributed by atoms with Gasteiger partial charge in [0, 0.05) is 92.7 Å². The van der Waals surface area contributed by atoms with Crippen LogP contribution in [0.15, 0.2) is 313 Å². The molecule has 8 aromatic heterocycles. The Bertz CT molecular complexity index is 4370. The number of fused-ring (bicyclic) bond motifs is 6. The molecule has 12 heteroatoms. The molecule has 0 amide bonds. The number of aryl methyl sites for hydroxylation is 3. The molecule has 0 saturated carbocycles. The molecule has 0 unspecified atom stereocenters. The molecule has 96 heavy (non-hydrogen) atoms. The summed E-state index contributed by atoms with van der Waals surface area (Å²) in [6, 6.07) is 105. The zero-order chi connectivity index (χ0) is 64.8. The van der Waals surface area contributed by atoms with Crippen LogP contribution >= 0.6 is 0 Å². The number of hydrogen-bond donors (Lipinski definition) is 2. The van der Waals surface area contributed by atoms with E-state index in [1.165, 1.54) is 11.1 Å². The van der Waals surface area contributed by atoms with Crippen LogP contribution in [0.3, 0.4) is 0 Å². The minimum atomic E-state index is 0. The van der Waals surface area contributed by atoms with Gasteiger partial charge in [-0.25, -0.2) is 0 Å². The summed E-state index contributed by atoms with van der Waals surface area (Å²) in [5.41, 5.74) is 18.9. The van der Waals surface area contributed by atoms with E-state index in [4.69, 9.17) is 19.0 Å². The Kier molecular flexibility index (Phi) is 31.0. The predicted octanol–water partition coefficient (Wildman–Crippen LogP) is 20.1. The van der Waals surface area contributed by atoms with Crippen molar-refractivity contribution in [2.24, 2.45) is 0 Å². The Hall–Kier alpha value is -10.5. The number of para-hydroxylation sites is 3. The van der Waals surface area contributed by atoms with E-state index in [-0.39, 0.29) is 47.6 Å². The molecule has 2 N–H and O–H groups in total. The topological polar surface area (TPSA) is 144 Å². The van der Waals surface area contributed by atoms with Gasteiger partial charge < -0.3 is 44.0 Å². The van der Waals surface area contributed by atoms with Gasteiger partial charge in [-0.2, -0.15) is 0 Å². The maximum atomic E-state index is 7.00. The first-order valence-electron chi connectivity index (χ1n) is 29.9. The van der Waals surface area contributed by atoms with Crippen molar-refractivity contribution in [1.29, 1.82) is 0 Å². The average molecular weight is 1610 g/mol. The smallest absolute Gasteiger partial charge is 0.501 e. The molecule has 10 nitrogen and oxygen atoms in total. The van der Waals surface area contributed by atoms with Gasteiger partial charge in [-0.1, -0.05) is 127 Å². The quantitative estimate of drug-likeness (QED) is 0.154. The molecule has 0 fully saturated rings. The Labute approximate surface area is 589 Å². The number of nitrogens with zero attached hydrogens (tertiary/aromatic N) is 6. The summed E-state index contributed by atoms with van der Waals surface area (Å²) in [6.07, 6.45) is 9.02. The van der Waals surface area contributed by atoms with Gasteiger partial charge in [0.15, 0.2) is 0 Å². The van der Waals surface area contributed by atoms with Gasteiger partial charge in [-0.05, 0) is 115 Å². The van der Waals surface area contributed by atoms with Crippen molar-refractivity contribution >= 4 is 43.9 Å². The summed E-state index contributed by atoms with van der Waals surface area (Å²) in [4.78, 5) is 26.0. The monoisotopic (exact) mass is 1610 g/mol. The van der Waals surface area contributed by atoms with Crippen molar-refractivity contribution in [3.05, 3.63) is 351 Å². The fourth-order valence-corrected chi connectivity index (χ4v) is 9.66. The van der Waals surface area contributed by atoms with Crippen molar-refractivity contribution in [2.45, 2.75) is 28.2 Å². The van der Waals surface area contributed by atoms with Crippen molar-refractivity contribution in [3.63, 3.8) is 0 Å². The van der Waals surface area contributed by atoms with Crippen LogP contribution in [0, 0.1) is 51.1 Å². The van der Waals surface area contributed by atoms with Crippen LogP contribution in [0.5, 0.6) is 0 Å². The van der Waals surface area contributed by atoms with Gasteiger partial charge in [0.25, 0.3) is 0 Å². The Balaban J connectivity index is 0.000000182. The third-order valence-electron chi connectivity index (χ3n) is 13.9. The number of aliphatic hydroxyl groups is 2. The molecule has 0 bridgehead atoms. The molecule has 481 valence electrons. The summed E-state index contributed by atoms with van der Waals surface area (Å²) in [5.74, 6) is 0. The number of benzene rings is 8. The zero-order valence-corrected chi connectivity index (χ0v) is 57.7. The Morgan fingerprint density at radius 1 is 0.312 bits per heavy atom. The molecule has 0 atom stereocenters. The standard InChI is InChI=1S/C18H13NO.C18H12NO.C12H10N.3C11H8N.2CH4O.CH4.2Ir/c2*1-12-9-10-19-16(11-12)15-7-4-6-14-13-5-2-3-8-17(13)20-18(14)15;1-10-6-5-9-12(13-10)11-7-3-2-4-8-11;3*1-2-6-10(7-3-1)11-8-4-5-9-12-11;2*1-2;;;/h2-11H,1H3;2-6,8-11H,1H3;2-7,9H,1H3;3*1-6,8-9H;2*2H,1H3;1H4;;/q;5*-1;;;;;+3. The van der Waals surface area contributed by atoms with E-state index < -0.39 is 0 Å². The second kappa shape index (κ2) is 39.9. The number of rotatable bonds is 6. The summed E-state index contributed by atoms with van der Waals surface area (Å²) < 4.78 is 12.0. The molecular weight excluding hydrogens is 1540 g/mol. The molecule has 16 aromatic rings. The van der Waals surface area contributed by atoms with E-state index in [1.54, 1.807) is 18.6 Å². The number of furan rings is 2. The molecule has 16 rings (SSSR count). The number of pyridine rings is 6. The number of hydrogen-bond acceptors (Lipinski definition) is 10. The van der Waals surface area contributed by atoms with Crippen LogP contribution in [0.25, 0.3) is 111 Å². The van der Waals surface area contributed by atoms with Gasteiger partial charge >= 0.3 is 20.1 Å². The largest absolute Gasteiger partial charge is 3.00 e. The minimum absolute atomic E-state index is 0. The second-order valence-electron chi connectivity index (χ2n) is 20.3. The van der Waals surface area contributed by atoms with Crippen molar-refractivity contribution in [1.82, 2.24) is 29.9 Å². The maximum Gasteiger partial charge on any atom is 3.00 e. The van der Waals surface area contributed by atoms with Gasteiger partial charge in [-0.3, -0.25) is 4.98 Å². The first kappa shape index (κ1) is 74.5. The fraction of sp³-hybridized carbons (Fsp3) is 0.0714. The second-order valence-corrected chi connectivity index (χ2v) is 20.3. The number of aromatic nitrogens is 6. The van der Waals surface area contributed by atoms with E-state index in [1.807, 2.05) is 250 Å². The van der Waals surface area contributed by atoms with Crippen LogP contribution in [0.2, 0.25) is 0 Å². The minimum Gasteiger partial charge on any atom is -0.501 e. The van der Waals surface area contributed by atoms with Crippen molar-refractivity contribution in [2.75, 3.05) is 14.2 Å². The van der Waals surface area contributed by atoms with Crippen LogP contribution in [-0.4, -0.2) is 54.3 Å². The molecule has 0 aliphatic rings. The molecule has 0 spiro atoms. The Morgan fingerprint density at radius 2 is 0.688 bits per heavy atom. The molecule has 0 aliphatic carbocycles. The van der Waals surface area contributed by atoms with Gasteiger partial charge in [0.05, 0.1) is 11.3 Å². The van der Waals surface area contributed by atoms with Gasteiger partial charge in [0.1, 0.15) is 16.7 Å². The zero-order valence-electron chi connectivity index (χ0n) is 52.9. The van der Waals surface area contributed by atoms with Gasteiger partial charge in [0.2, 0.25) is 0 Å². The molecule has 0 aliphatic heterocycles. The van der Waals surface area contributed by atoms with E-state index >= 15 is 0 Å². The van der Waals surface area contributed by atoms with E-state index in [0.717, 1.165) is 131 Å². The number of aliphatic hydroxyl groups excluding tert-OH is 2. The molecular formula is C84H71Ir2N6O4-2. The summed E-state index contributed by atoms with van der Waals surface area (Å²) in [6.45, 7) is 6.13. The van der Waals surface area contributed by atoms with Crippen LogP contribution in [-0.2, 0) is 40.2 Å². The third-order valence-corrected chi connectivity index (χ3v) is 13.9. The third kappa shape index (κ3) is 20.7. The fourth-order valence-electron chi connectivity index (χ4n) is 9.66. The van der Waals surface area contributed by atoms with Crippen LogP contribution < -0.4 is 0 Å². The van der Waals surface area contributed by atoms with Gasteiger partial charge in [-0.15, -0.1) is 162 Å². The van der Waals surface area contributed by atoms with E-state index in [9.17, 15) is 0 Å². The molecule has 1 radical (unpaired) electrons. The SMILES string of the molecule is C.CO.CO.Cc1cccc(-c2[c-]cccc2)n1.Cc1ccnc(-c2[c-]ccc3c2oc2ccccc23)c1.Cc1ccnc(-c2cccc3c2oc2ccccc23)c1.[Ir+3].[Ir].[c-]1ccccc1-c1ccccn1.[c-]1ccccc1-c1ccccn1.[c-]1ccccc1-c1ccccn1. The average Bonchev–Trinajstić information content (AvgIpc) is 1.63. The summed E-state index contributed by atoms with van der Waals surface area (Å²) in [5, 5.41) is 18.5. The Morgan fingerprint density at radius 3 is 1.12 bits per heavy atom.